The highest BCUT2D eigenvalue weighted by Crippen LogP contribution is 2.47. The van der Waals surface area contributed by atoms with Crippen LogP contribution in [0.4, 0.5) is 0 Å². The summed E-state index contributed by atoms with van der Waals surface area (Å²) in [6.07, 6.45) is 13.3. The van der Waals surface area contributed by atoms with Gasteiger partial charge in [0.1, 0.15) is 6.29 Å². The van der Waals surface area contributed by atoms with Crippen molar-refractivity contribution in [3.05, 3.63) is 36.5 Å². The fourth-order valence-corrected chi connectivity index (χ4v) is 1.59. The minimum atomic E-state index is 0.252. The molecule has 0 saturated heterocycles. The Morgan fingerprint density at radius 3 is 1.91 bits per heavy atom. The van der Waals surface area contributed by atoms with Crippen molar-refractivity contribution >= 4 is 6.29 Å². The number of carbonyl (C=O) groups is 1. The third kappa shape index (κ3) is 1.07. The number of fused-ring (bicyclic) bond motifs is 1. The van der Waals surface area contributed by atoms with E-state index in [0.29, 0.717) is 11.8 Å². The van der Waals surface area contributed by atoms with Crippen LogP contribution in [0.15, 0.2) is 36.5 Å². The second kappa shape index (κ2) is 2.50. The van der Waals surface area contributed by atoms with Crippen LogP contribution in [0.2, 0.25) is 0 Å². The summed E-state index contributed by atoms with van der Waals surface area (Å²) >= 11 is 0. The van der Waals surface area contributed by atoms with Crippen LogP contribution in [0.25, 0.3) is 0 Å². The lowest BCUT2D eigenvalue weighted by Gasteiger charge is -1.85. The maximum Gasteiger partial charge on any atom is 0.124 e. The third-order valence-electron chi connectivity index (χ3n) is 2.35. The van der Waals surface area contributed by atoms with Crippen molar-refractivity contribution < 1.29 is 4.79 Å². The van der Waals surface area contributed by atoms with Crippen LogP contribution in [-0.4, -0.2) is 6.29 Å². The van der Waals surface area contributed by atoms with Gasteiger partial charge in [0.15, 0.2) is 0 Å². The van der Waals surface area contributed by atoms with Crippen LogP contribution >= 0.6 is 0 Å². The molecule has 0 N–H and O–H groups in total. The second-order valence-corrected chi connectivity index (χ2v) is 3.02. The van der Waals surface area contributed by atoms with Crippen LogP contribution in [0.1, 0.15) is 0 Å². The van der Waals surface area contributed by atoms with E-state index in [1.807, 2.05) is 24.3 Å². The summed E-state index contributed by atoms with van der Waals surface area (Å²) < 4.78 is 0. The number of hydrogen-bond donors (Lipinski definition) is 0. The monoisotopic (exact) mass is 146 g/mol. The lowest BCUT2D eigenvalue weighted by atomic mass is 10.2. The minimum Gasteiger partial charge on any atom is -0.303 e. The Morgan fingerprint density at radius 2 is 1.45 bits per heavy atom. The first-order valence-corrected chi connectivity index (χ1v) is 3.90. The Balaban J connectivity index is 2.18. The van der Waals surface area contributed by atoms with Crippen molar-refractivity contribution in [3.63, 3.8) is 0 Å². The van der Waals surface area contributed by atoms with E-state index in [4.69, 9.17) is 0 Å². The molecular formula is C10H10O. The fourth-order valence-electron chi connectivity index (χ4n) is 1.59. The molecule has 0 aliphatic heterocycles. The lowest BCUT2D eigenvalue weighted by Crippen LogP contribution is -1.77. The van der Waals surface area contributed by atoms with Gasteiger partial charge in [0.05, 0.1) is 0 Å². The van der Waals surface area contributed by atoms with Gasteiger partial charge in [0.2, 0.25) is 0 Å². The average Bonchev–Trinajstić information content (AvgIpc) is 2.60. The van der Waals surface area contributed by atoms with Crippen LogP contribution in [-0.2, 0) is 4.79 Å². The van der Waals surface area contributed by atoms with E-state index in [9.17, 15) is 4.79 Å². The van der Waals surface area contributed by atoms with E-state index in [2.05, 4.69) is 12.2 Å². The number of carbonyl (C=O) groups excluding carboxylic acids is 1. The minimum absolute atomic E-state index is 0.252. The van der Waals surface area contributed by atoms with Gasteiger partial charge in [-0.3, -0.25) is 0 Å². The summed E-state index contributed by atoms with van der Waals surface area (Å²) in [7, 11) is 0. The number of hydrogen-bond acceptors (Lipinski definition) is 1. The molecule has 2 atom stereocenters. The number of rotatable bonds is 1. The molecule has 1 saturated carbocycles. The largest absolute Gasteiger partial charge is 0.303 e. The van der Waals surface area contributed by atoms with E-state index >= 15 is 0 Å². The zero-order chi connectivity index (χ0) is 7.68. The molecule has 2 aliphatic carbocycles. The van der Waals surface area contributed by atoms with Gasteiger partial charge in [-0.2, -0.15) is 0 Å². The molecule has 0 bridgehead atoms. The van der Waals surface area contributed by atoms with E-state index < -0.39 is 0 Å². The predicted molar refractivity (Wildman–Crippen MR) is 44.0 cm³/mol. The van der Waals surface area contributed by atoms with Crippen LogP contribution in [0, 0.1) is 17.8 Å². The molecule has 56 valence electrons. The fraction of sp³-hybridized carbons (Fsp3) is 0.300. The molecule has 1 nitrogen and oxygen atoms in total. The molecule has 0 radical (unpaired) electrons. The molecule has 2 aliphatic rings. The Kier molecular flexibility index (Phi) is 1.50. The standard InChI is InChI=1S/C10H10O/c11-7-10-8-5-3-1-2-4-6-9(8)10/h1-10H/b2-1-,5-3-,6-4-. The lowest BCUT2D eigenvalue weighted by molar-refractivity contribution is -0.109. The predicted octanol–water partition coefficient (Wildman–Crippen LogP) is 1.73. The Bertz CT molecular complexity index is 226. The summed E-state index contributed by atoms with van der Waals surface area (Å²) in [5.41, 5.74) is 0. The molecular weight excluding hydrogens is 136 g/mol. The van der Waals surface area contributed by atoms with Gasteiger partial charge in [0.25, 0.3) is 0 Å². The van der Waals surface area contributed by atoms with E-state index in [1.54, 1.807) is 0 Å². The second-order valence-electron chi connectivity index (χ2n) is 3.02. The van der Waals surface area contributed by atoms with Crippen LogP contribution in [0.5, 0.6) is 0 Å². The summed E-state index contributed by atoms with van der Waals surface area (Å²) in [4.78, 5) is 10.5. The van der Waals surface area contributed by atoms with Crippen molar-refractivity contribution in [2.24, 2.45) is 17.8 Å². The Hall–Kier alpha value is -1.11. The Morgan fingerprint density at radius 1 is 0.909 bits per heavy atom. The number of allylic oxidation sites excluding steroid dienone is 6. The number of aldehydes is 1. The van der Waals surface area contributed by atoms with Gasteiger partial charge in [-0.25, -0.2) is 0 Å². The topological polar surface area (TPSA) is 17.1 Å². The first kappa shape index (κ1) is 6.59. The van der Waals surface area contributed by atoms with Gasteiger partial charge in [-0.1, -0.05) is 36.5 Å². The smallest absolute Gasteiger partial charge is 0.124 e. The van der Waals surface area contributed by atoms with Gasteiger partial charge in [-0.05, 0) is 11.8 Å². The van der Waals surface area contributed by atoms with Crippen molar-refractivity contribution in [2.45, 2.75) is 0 Å². The highest BCUT2D eigenvalue weighted by Gasteiger charge is 2.46. The van der Waals surface area contributed by atoms with Gasteiger partial charge in [-0.15, -0.1) is 0 Å². The van der Waals surface area contributed by atoms with Gasteiger partial charge in [0, 0.05) is 5.92 Å². The van der Waals surface area contributed by atoms with Crippen molar-refractivity contribution in [1.82, 2.24) is 0 Å². The highest BCUT2D eigenvalue weighted by molar-refractivity contribution is 5.62. The third-order valence-corrected chi connectivity index (χ3v) is 2.35. The average molecular weight is 146 g/mol. The first-order valence-electron chi connectivity index (χ1n) is 3.90. The normalized spacial score (nSPS) is 47.8. The van der Waals surface area contributed by atoms with E-state index in [0.717, 1.165) is 6.29 Å². The molecule has 2 unspecified atom stereocenters. The highest BCUT2D eigenvalue weighted by atomic mass is 16.1. The van der Waals surface area contributed by atoms with E-state index in [-0.39, 0.29) is 5.92 Å². The van der Waals surface area contributed by atoms with Gasteiger partial charge < -0.3 is 4.79 Å². The maximum atomic E-state index is 10.5. The molecule has 0 aromatic heterocycles. The maximum absolute atomic E-state index is 10.5. The zero-order valence-electron chi connectivity index (χ0n) is 6.18. The van der Waals surface area contributed by atoms with Crippen LogP contribution in [0.3, 0.4) is 0 Å². The quantitative estimate of drug-likeness (QED) is 0.515. The molecule has 2 rings (SSSR count). The molecule has 0 spiro atoms. The van der Waals surface area contributed by atoms with Crippen molar-refractivity contribution in [1.29, 1.82) is 0 Å². The summed E-state index contributed by atoms with van der Waals surface area (Å²) in [5, 5.41) is 0. The van der Waals surface area contributed by atoms with Crippen LogP contribution < -0.4 is 0 Å². The molecule has 11 heavy (non-hydrogen) atoms. The first-order chi connectivity index (χ1) is 5.43. The zero-order valence-corrected chi connectivity index (χ0v) is 6.18. The van der Waals surface area contributed by atoms with E-state index in [1.165, 1.54) is 0 Å². The molecule has 0 amide bonds. The molecule has 0 aromatic rings. The molecule has 0 aromatic carbocycles. The molecule has 1 fully saturated rings. The van der Waals surface area contributed by atoms with Gasteiger partial charge >= 0.3 is 0 Å². The van der Waals surface area contributed by atoms with Crippen molar-refractivity contribution in [2.75, 3.05) is 0 Å². The summed E-state index contributed by atoms with van der Waals surface area (Å²) in [6, 6.07) is 0. The summed E-state index contributed by atoms with van der Waals surface area (Å²) in [5.74, 6) is 1.21. The molecule has 1 heteroatoms. The molecule has 0 heterocycles. The SMILES string of the molecule is O=CC1C2\C=C/C=C\C=C/C12. The Labute approximate surface area is 66.1 Å². The van der Waals surface area contributed by atoms with Crippen molar-refractivity contribution in [3.8, 4) is 0 Å². The summed E-state index contributed by atoms with van der Waals surface area (Å²) in [6.45, 7) is 0.